The molecule has 0 aliphatic carbocycles. The zero-order valence-corrected chi connectivity index (χ0v) is 23.5. The van der Waals surface area contributed by atoms with E-state index < -0.39 is 0 Å². The molecule has 2 N–H and O–H groups in total. The number of aromatic amines is 1. The zero-order chi connectivity index (χ0) is 27.4. The normalized spacial score (nSPS) is 16.9. The van der Waals surface area contributed by atoms with Gasteiger partial charge in [0, 0.05) is 60.9 Å². The molecule has 206 valence electrons. The molecule has 1 aromatic carbocycles. The van der Waals surface area contributed by atoms with Crippen LogP contribution in [0.2, 0.25) is 0 Å². The summed E-state index contributed by atoms with van der Waals surface area (Å²) in [4.78, 5) is 38.0. The van der Waals surface area contributed by atoms with Crippen molar-refractivity contribution in [1.29, 1.82) is 0 Å². The molecule has 2 aromatic heterocycles. The van der Waals surface area contributed by atoms with Crippen LogP contribution in [0, 0.1) is 0 Å². The Bertz CT molecular complexity index is 1260. The molecule has 2 fully saturated rings. The number of carbonyl (C=O) groups excluding carboxylic acids is 2. The third kappa shape index (κ3) is 6.77. The minimum atomic E-state index is -0.115. The molecule has 0 spiro atoms. The fraction of sp³-hybridized carbons (Fsp3) is 0.469. The minimum absolute atomic E-state index is 0.0330. The van der Waals surface area contributed by atoms with E-state index in [9.17, 15) is 9.59 Å². The van der Waals surface area contributed by atoms with E-state index in [1.165, 1.54) is 31.5 Å². The molecule has 5 rings (SSSR count). The second-order valence-corrected chi connectivity index (χ2v) is 12.0. The van der Waals surface area contributed by atoms with Crippen LogP contribution >= 0.6 is 0 Å². The first-order valence-electron chi connectivity index (χ1n) is 14.3. The van der Waals surface area contributed by atoms with Gasteiger partial charge < -0.3 is 20.1 Å². The van der Waals surface area contributed by atoms with Gasteiger partial charge in [0.05, 0.1) is 11.1 Å². The smallest absolute Gasteiger partial charge is 0.257 e. The van der Waals surface area contributed by atoms with Crippen LogP contribution in [-0.4, -0.2) is 64.3 Å². The van der Waals surface area contributed by atoms with Crippen molar-refractivity contribution in [3.05, 3.63) is 82.9 Å². The fourth-order valence-corrected chi connectivity index (χ4v) is 5.58. The average molecular weight is 528 g/mol. The van der Waals surface area contributed by atoms with Crippen molar-refractivity contribution in [3.8, 4) is 0 Å². The number of H-pyrrole nitrogens is 1. The van der Waals surface area contributed by atoms with Crippen molar-refractivity contribution in [1.82, 2.24) is 19.8 Å². The number of likely N-dealkylation sites (tertiary alicyclic amines) is 2. The molecule has 0 bridgehead atoms. The molecule has 4 heterocycles. The highest BCUT2D eigenvalue weighted by molar-refractivity contribution is 6.04. The van der Waals surface area contributed by atoms with E-state index in [4.69, 9.17) is 0 Å². The Morgan fingerprint density at radius 1 is 0.974 bits per heavy atom. The number of amides is 2. The quantitative estimate of drug-likeness (QED) is 0.418. The standard InChI is InChI=1S/C32H41N5O2/c1-32(2,3)29-20-26(22-34-29)30(38)35-28-10-6-23(7-11-28)24-12-18-37(19-13-24)31(39)25-8-9-27(33-21-25)14-17-36-15-4-5-16-36/h6-11,20-22,24,34H,4-5,12-19H2,1-3H3,(H,35,38). The number of benzene rings is 1. The van der Waals surface area contributed by atoms with Gasteiger partial charge in [0.2, 0.25) is 0 Å². The van der Waals surface area contributed by atoms with Gasteiger partial charge in [0.15, 0.2) is 0 Å². The third-order valence-corrected chi connectivity index (χ3v) is 8.13. The predicted octanol–water partition coefficient (Wildman–Crippen LogP) is 5.62. The first kappa shape index (κ1) is 27.1. The zero-order valence-electron chi connectivity index (χ0n) is 23.5. The molecule has 0 radical (unpaired) electrons. The number of hydrogen-bond donors (Lipinski definition) is 2. The van der Waals surface area contributed by atoms with Crippen molar-refractivity contribution >= 4 is 17.5 Å². The van der Waals surface area contributed by atoms with E-state index in [0.717, 1.165) is 56.0 Å². The van der Waals surface area contributed by atoms with Crippen LogP contribution in [0.25, 0.3) is 0 Å². The van der Waals surface area contributed by atoms with E-state index in [2.05, 4.69) is 53.1 Å². The highest BCUT2D eigenvalue weighted by Crippen LogP contribution is 2.30. The van der Waals surface area contributed by atoms with Crippen LogP contribution in [0.3, 0.4) is 0 Å². The van der Waals surface area contributed by atoms with Crippen LogP contribution in [0.4, 0.5) is 5.69 Å². The molecular formula is C32H41N5O2. The van der Waals surface area contributed by atoms with Crippen molar-refractivity contribution in [3.63, 3.8) is 0 Å². The number of nitrogens with zero attached hydrogens (tertiary/aromatic N) is 3. The lowest BCUT2D eigenvalue weighted by molar-refractivity contribution is 0.0712. The molecular weight excluding hydrogens is 486 g/mol. The topological polar surface area (TPSA) is 81.3 Å². The van der Waals surface area contributed by atoms with Gasteiger partial charge in [-0.05, 0) is 80.6 Å². The lowest BCUT2D eigenvalue weighted by Crippen LogP contribution is -2.38. The Hall–Kier alpha value is -3.45. The van der Waals surface area contributed by atoms with Gasteiger partial charge in [0.25, 0.3) is 11.8 Å². The molecule has 2 saturated heterocycles. The lowest BCUT2D eigenvalue weighted by Gasteiger charge is -2.32. The Morgan fingerprint density at radius 3 is 2.31 bits per heavy atom. The first-order chi connectivity index (χ1) is 18.8. The highest BCUT2D eigenvalue weighted by Gasteiger charge is 2.25. The third-order valence-electron chi connectivity index (χ3n) is 8.13. The Labute approximate surface area is 232 Å². The van der Waals surface area contributed by atoms with E-state index >= 15 is 0 Å². The van der Waals surface area contributed by atoms with E-state index in [-0.39, 0.29) is 17.2 Å². The number of rotatable bonds is 7. The maximum Gasteiger partial charge on any atom is 0.257 e. The van der Waals surface area contributed by atoms with Gasteiger partial charge in [0.1, 0.15) is 0 Å². The van der Waals surface area contributed by atoms with Gasteiger partial charge in [-0.15, -0.1) is 0 Å². The van der Waals surface area contributed by atoms with Crippen molar-refractivity contribution in [2.45, 2.75) is 64.2 Å². The predicted molar refractivity (Wildman–Crippen MR) is 155 cm³/mol. The molecule has 2 amide bonds. The fourth-order valence-electron chi connectivity index (χ4n) is 5.58. The Morgan fingerprint density at radius 2 is 1.69 bits per heavy atom. The lowest BCUT2D eigenvalue weighted by atomic mass is 9.89. The Kier molecular flexibility index (Phi) is 8.17. The Balaban J connectivity index is 1.10. The van der Waals surface area contributed by atoms with Gasteiger partial charge in [-0.2, -0.15) is 0 Å². The van der Waals surface area contributed by atoms with E-state index in [1.54, 1.807) is 12.4 Å². The summed E-state index contributed by atoms with van der Waals surface area (Å²) in [6.07, 6.45) is 8.91. The van der Waals surface area contributed by atoms with Crippen LogP contribution in [-0.2, 0) is 11.8 Å². The van der Waals surface area contributed by atoms with Crippen molar-refractivity contribution in [2.75, 3.05) is 38.0 Å². The molecule has 0 atom stereocenters. The highest BCUT2D eigenvalue weighted by atomic mass is 16.2. The summed E-state index contributed by atoms with van der Waals surface area (Å²) in [6, 6.07) is 14.0. The summed E-state index contributed by atoms with van der Waals surface area (Å²) in [5.41, 5.74) is 5.40. The van der Waals surface area contributed by atoms with Gasteiger partial charge >= 0.3 is 0 Å². The molecule has 39 heavy (non-hydrogen) atoms. The summed E-state index contributed by atoms with van der Waals surface area (Å²) in [6.45, 7) is 11.3. The summed E-state index contributed by atoms with van der Waals surface area (Å²) in [7, 11) is 0. The first-order valence-corrected chi connectivity index (χ1v) is 14.3. The summed E-state index contributed by atoms with van der Waals surface area (Å²) < 4.78 is 0. The molecule has 2 aliphatic rings. The van der Waals surface area contributed by atoms with Crippen LogP contribution in [0.5, 0.6) is 0 Å². The molecule has 7 nitrogen and oxygen atoms in total. The number of pyridine rings is 1. The second-order valence-electron chi connectivity index (χ2n) is 12.0. The summed E-state index contributed by atoms with van der Waals surface area (Å²) >= 11 is 0. The number of nitrogens with one attached hydrogen (secondary N) is 2. The number of hydrogen-bond acceptors (Lipinski definition) is 4. The SMILES string of the molecule is CC(C)(C)c1cc(C(=O)Nc2ccc(C3CCN(C(=O)c4ccc(CCN5CCCC5)nc4)CC3)cc2)c[nH]1. The maximum atomic E-state index is 13.1. The molecule has 7 heteroatoms. The van der Waals surface area contributed by atoms with Crippen LogP contribution < -0.4 is 5.32 Å². The van der Waals surface area contributed by atoms with E-state index in [1.807, 2.05) is 35.2 Å². The monoisotopic (exact) mass is 527 g/mol. The molecule has 0 unspecified atom stereocenters. The molecule has 0 saturated carbocycles. The molecule has 2 aliphatic heterocycles. The van der Waals surface area contributed by atoms with Crippen molar-refractivity contribution < 1.29 is 9.59 Å². The second kappa shape index (κ2) is 11.7. The minimum Gasteiger partial charge on any atom is -0.364 e. The number of carbonyl (C=O) groups is 2. The number of anilines is 1. The van der Waals surface area contributed by atoms with Crippen LogP contribution in [0.15, 0.2) is 54.9 Å². The number of piperidine rings is 1. The average Bonchev–Trinajstić information content (AvgIpc) is 3.65. The maximum absolute atomic E-state index is 13.1. The van der Waals surface area contributed by atoms with E-state index in [0.29, 0.717) is 17.0 Å². The number of aromatic nitrogens is 2. The van der Waals surface area contributed by atoms with Gasteiger partial charge in [-0.1, -0.05) is 32.9 Å². The van der Waals surface area contributed by atoms with Crippen LogP contribution in [0.1, 0.15) is 90.0 Å². The summed E-state index contributed by atoms with van der Waals surface area (Å²) in [5.74, 6) is 0.365. The summed E-state index contributed by atoms with van der Waals surface area (Å²) in [5, 5.41) is 3.00. The largest absolute Gasteiger partial charge is 0.364 e. The van der Waals surface area contributed by atoms with Crippen molar-refractivity contribution in [2.24, 2.45) is 0 Å². The van der Waals surface area contributed by atoms with Gasteiger partial charge in [-0.3, -0.25) is 14.6 Å². The molecule has 3 aromatic rings. The van der Waals surface area contributed by atoms with Gasteiger partial charge in [-0.25, -0.2) is 0 Å².